The van der Waals surface area contributed by atoms with Crippen LogP contribution < -0.4 is 14.5 Å². The third-order valence-corrected chi connectivity index (χ3v) is 7.10. The number of hydrogen-bond acceptors (Lipinski definition) is 6. The molecule has 2 heterocycles. The van der Waals surface area contributed by atoms with Gasteiger partial charge in [0.2, 0.25) is 6.41 Å². The second-order valence-electron chi connectivity index (χ2n) is 8.74. The van der Waals surface area contributed by atoms with E-state index in [1.807, 2.05) is 6.07 Å². The predicted molar refractivity (Wildman–Crippen MR) is 140 cm³/mol. The van der Waals surface area contributed by atoms with Gasteiger partial charge in [0, 0.05) is 69.6 Å². The zero-order chi connectivity index (χ0) is 24.1. The zero-order valence-electron chi connectivity index (χ0n) is 20.1. The van der Waals surface area contributed by atoms with Gasteiger partial charge < -0.3 is 19.4 Å². The molecule has 0 saturated carbocycles. The molecule has 8 heteroatoms. The summed E-state index contributed by atoms with van der Waals surface area (Å²) in [7, 11) is 5.03. The highest BCUT2D eigenvalue weighted by molar-refractivity contribution is 7.17. The van der Waals surface area contributed by atoms with E-state index in [-0.39, 0.29) is 5.91 Å². The summed E-state index contributed by atoms with van der Waals surface area (Å²) in [6.45, 7) is 5.68. The molecule has 4 rings (SSSR count). The normalized spacial score (nSPS) is 14.3. The van der Waals surface area contributed by atoms with E-state index in [1.165, 1.54) is 25.6 Å². The fourth-order valence-corrected chi connectivity index (χ4v) is 5.13. The number of piperazine rings is 1. The van der Waals surface area contributed by atoms with Gasteiger partial charge in [0.05, 0.1) is 17.9 Å². The first-order valence-corrected chi connectivity index (χ1v) is 12.5. The summed E-state index contributed by atoms with van der Waals surface area (Å²) >= 11 is 1.79. The molecule has 0 aliphatic carbocycles. The van der Waals surface area contributed by atoms with Crippen molar-refractivity contribution in [1.29, 1.82) is 0 Å². The van der Waals surface area contributed by atoms with Gasteiger partial charge in [0.1, 0.15) is 5.75 Å². The SMILES string of the molecule is CN(C)C(=O)c1cc(OCCCN2CCN(c3cccc4sccc34)CC2)ccc1N(C)C=O. The molecule has 0 bridgehead atoms. The fraction of sp³-hybridized carbons (Fsp3) is 0.385. The lowest BCUT2D eigenvalue weighted by atomic mass is 10.1. The Morgan fingerprint density at radius 1 is 1.09 bits per heavy atom. The lowest BCUT2D eigenvalue weighted by molar-refractivity contribution is -0.107. The van der Waals surface area contributed by atoms with Crippen LogP contribution in [0.15, 0.2) is 47.8 Å². The predicted octanol–water partition coefficient (Wildman–Crippen LogP) is 3.79. The van der Waals surface area contributed by atoms with Gasteiger partial charge in [-0.3, -0.25) is 14.5 Å². The quantitative estimate of drug-likeness (QED) is 0.345. The Labute approximate surface area is 205 Å². The Morgan fingerprint density at radius 2 is 1.88 bits per heavy atom. The van der Waals surface area contributed by atoms with Crippen molar-refractivity contribution in [3.8, 4) is 5.75 Å². The number of carbonyl (C=O) groups excluding carboxylic acids is 2. The first-order chi connectivity index (χ1) is 16.5. The Hall–Kier alpha value is -3.10. The van der Waals surface area contributed by atoms with Crippen LogP contribution in [0.4, 0.5) is 11.4 Å². The van der Waals surface area contributed by atoms with Crippen LogP contribution in [-0.4, -0.2) is 82.6 Å². The molecule has 0 radical (unpaired) electrons. The van der Waals surface area contributed by atoms with Gasteiger partial charge in [-0.1, -0.05) is 6.07 Å². The molecular weight excluding hydrogens is 448 g/mol. The molecule has 2 aromatic carbocycles. The van der Waals surface area contributed by atoms with Gasteiger partial charge in [-0.2, -0.15) is 0 Å². The van der Waals surface area contributed by atoms with E-state index in [9.17, 15) is 9.59 Å². The van der Waals surface area contributed by atoms with Crippen LogP contribution in [0.2, 0.25) is 0 Å². The van der Waals surface area contributed by atoms with Crippen molar-refractivity contribution in [1.82, 2.24) is 9.80 Å². The highest BCUT2D eigenvalue weighted by Crippen LogP contribution is 2.31. The summed E-state index contributed by atoms with van der Waals surface area (Å²) in [6, 6.07) is 14.1. The molecule has 1 saturated heterocycles. The number of thiophene rings is 1. The topological polar surface area (TPSA) is 56.3 Å². The molecule has 0 atom stereocenters. The molecule has 1 aliphatic heterocycles. The van der Waals surface area contributed by atoms with E-state index in [1.54, 1.807) is 44.6 Å². The zero-order valence-corrected chi connectivity index (χ0v) is 20.9. The van der Waals surface area contributed by atoms with Gasteiger partial charge in [-0.15, -0.1) is 11.3 Å². The molecule has 180 valence electrons. The van der Waals surface area contributed by atoms with Gasteiger partial charge in [0.25, 0.3) is 5.91 Å². The number of carbonyl (C=O) groups is 2. The number of hydrogen-bond donors (Lipinski definition) is 0. The number of nitrogens with zero attached hydrogens (tertiary/aromatic N) is 4. The first-order valence-electron chi connectivity index (χ1n) is 11.6. The molecule has 1 aromatic heterocycles. The van der Waals surface area contributed by atoms with Crippen molar-refractivity contribution in [3.63, 3.8) is 0 Å². The van der Waals surface area contributed by atoms with Crippen molar-refractivity contribution < 1.29 is 14.3 Å². The average molecular weight is 481 g/mol. The van der Waals surface area contributed by atoms with E-state index < -0.39 is 0 Å². The van der Waals surface area contributed by atoms with Gasteiger partial charge in [-0.25, -0.2) is 0 Å². The van der Waals surface area contributed by atoms with Crippen LogP contribution in [0.5, 0.6) is 5.75 Å². The summed E-state index contributed by atoms with van der Waals surface area (Å²) in [5.41, 5.74) is 2.36. The Kier molecular flexibility index (Phi) is 7.70. The number of ether oxygens (including phenoxy) is 1. The molecule has 2 amide bonds. The molecule has 1 aliphatic rings. The average Bonchev–Trinajstić information content (AvgIpc) is 3.35. The van der Waals surface area contributed by atoms with Crippen molar-refractivity contribution >= 4 is 45.1 Å². The van der Waals surface area contributed by atoms with Crippen molar-refractivity contribution in [2.24, 2.45) is 0 Å². The molecule has 7 nitrogen and oxygen atoms in total. The first kappa shape index (κ1) is 24.0. The van der Waals surface area contributed by atoms with E-state index in [4.69, 9.17) is 4.74 Å². The van der Waals surface area contributed by atoms with Crippen molar-refractivity contribution in [3.05, 3.63) is 53.4 Å². The second kappa shape index (κ2) is 10.9. The Bertz CT molecular complexity index is 1140. The standard InChI is InChI=1S/C26H32N4O3S/c1-27(2)26(32)22-18-20(8-9-23(22)28(3)19-31)33-16-5-11-29-12-14-30(15-13-29)24-6-4-7-25-21(24)10-17-34-25/h4,6-10,17-19H,5,11-16H2,1-3H3. The molecule has 34 heavy (non-hydrogen) atoms. The Morgan fingerprint density at radius 3 is 2.62 bits per heavy atom. The maximum Gasteiger partial charge on any atom is 0.255 e. The number of rotatable bonds is 9. The minimum Gasteiger partial charge on any atom is -0.494 e. The van der Waals surface area contributed by atoms with Crippen LogP contribution in [0.1, 0.15) is 16.8 Å². The van der Waals surface area contributed by atoms with E-state index >= 15 is 0 Å². The van der Waals surface area contributed by atoms with Crippen LogP contribution in [-0.2, 0) is 4.79 Å². The Balaban J connectivity index is 1.27. The monoisotopic (exact) mass is 480 g/mol. The van der Waals surface area contributed by atoms with E-state index in [0.29, 0.717) is 30.0 Å². The fourth-order valence-electron chi connectivity index (χ4n) is 4.33. The number of fused-ring (bicyclic) bond motifs is 1. The second-order valence-corrected chi connectivity index (χ2v) is 9.68. The van der Waals surface area contributed by atoms with Crippen molar-refractivity contribution in [2.45, 2.75) is 6.42 Å². The minimum atomic E-state index is -0.162. The highest BCUT2D eigenvalue weighted by Gasteiger charge is 2.19. The summed E-state index contributed by atoms with van der Waals surface area (Å²) in [6.07, 6.45) is 1.61. The van der Waals surface area contributed by atoms with Crippen LogP contribution >= 0.6 is 11.3 Å². The van der Waals surface area contributed by atoms with Crippen molar-refractivity contribution in [2.75, 3.05) is 70.3 Å². The number of anilines is 2. The lowest BCUT2D eigenvalue weighted by Crippen LogP contribution is -2.46. The van der Waals surface area contributed by atoms with Gasteiger partial charge in [-0.05, 0) is 48.2 Å². The molecule has 0 unspecified atom stereocenters. The van der Waals surface area contributed by atoms with E-state index in [2.05, 4.69) is 39.4 Å². The molecule has 1 fully saturated rings. The molecule has 3 aromatic rings. The maximum atomic E-state index is 12.6. The number of amides is 2. The van der Waals surface area contributed by atoms with Gasteiger partial charge in [0.15, 0.2) is 0 Å². The summed E-state index contributed by atoms with van der Waals surface area (Å²) < 4.78 is 7.30. The summed E-state index contributed by atoms with van der Waals surface area (Å²) in [4.78, 5) is 31.7. The largest absolute Gasteiger partial charge is 0.494 e. The maximum absolute atomic E-state index is 12.6. The van der Waals surface area contributed by atoms with Crippen LogP contribution in [0, 0.1) is 0 Å². The molecular formula is C26H32N4O3S. The minimum absolute atomic E-state index is 0.162. The van der Waals surface area contributed by atoms with E-state index in [0.717, 1.165) is 39.1 Å². The third kappa shape index (κ3) is 5.34. The molecule has 0 N–H and O–H groups in total. The number of benzene rings is 2. The highest BCUT2D eigenvalue weighted by atomic mass is 32.1. The summed E-state index contributed by atoms with van der Waals surface area (Å²) in [5, 5.41) is 3.52. The lowest BCUT2D eigenvalue weighted by Gasteiger charge is -2.36. The van der Waals surface area contributed by atoms with Crippen LogP contribution in [0.25, 0.3) is 10.1 Å². The van der Waals surface area contributed by atoms with Crippen LogP contribution in [0.3, 0.4) is 0 Å². The summed E-state index contributed by atoms with van der Waals surface area (Å²) in [5.74, 6) is 0.479. The smallest absolute Gasteiger partial charge is 0.255 e. The third-order valence-electron chi connectivity index (χ3n) is 6.22. The van der Waals surface area contributed by atoms with Gasteiger partial charge >= 0.3 is 0 Å². The molecule has 0 spiro atoms.